The number of aromatic nitrogens is 5. The van der Waals surface area contributed by atoms with Gasteiger partial charge in [-0.3, -0.25) is 14.9 Å². The van der Waals surface area contributed by atoms with Gasteiger partial charge >= 0.3 is 6.18 Å². The zero-order valence-corrected chi connectivity index (χ0v) is 17.7. The van der Waals surface area contributed by atoms with E-state index in [0.717, 1.165) is 0 Å². The van der Waals surface area contributed by atoms with Crippen molar-refractivity contribution in [2.24, 2.45) is 0 Å². The fourth-order valence-electron chi connectivity index (χ4n) is 3.68. The lowest BCUT2D eigenvalue weighted by molar-refractivity contribution is -0.384. The molecule has 1 N–H and O–H groups in total. The Morgan fingerprint density at radius 1 is 0.971 bits per heavy atom. The molecule has 0 atom stereocenters. The Hall–Kier alpha value is -4.81. The van der Waals surface area contributed by atoms with Gasteiger partial charge in [-0.1, -0.05) is 30.3 Å². The van der Waals surface area contributed by atoms with Crippen molar-refractivity contribution in [3.05, 3.63) is 86.5 Å². The number of nitrogens with zero attached hydrogens (tertiary/aromatic N) is 5. The summed E-state index contributed by atoms with van der Waals surface area (Å²) in [4.78, 5) is 26.3. The van der Waals surface area contributed by atoms with Crippen LogP contribution in [0.3, 0.4) is 0 Å². The van der Waals surface area contributed by atoms with Gasteiger partial charge in [0.05, 0.1) is 10.5 Å². The number of aryl methyl sites for hydroxylation is 1. The summed E-state index contributed by atoms with van der Waals surface area (Å²) in [7, 11) is 0. The number of aromatic amines is 1. The minimum Gasteiger partial charge on any atom is -0.416 e. The molecule has 0 aliphatic carbocycles. The number of hydrogen-bond donors (Lipinski definition) is 1. The number of nitro groups is 1. The average Bonchev–Trinajstić information content (AvgIpc) is 3.45. The predicted octanol–water partition coefficient (Wildman–Crippen LogP) is 4.64. The normalized spacial score (nSPS) is 11.8. The molecule has 5 rings (SSSR count). The second-order valence-corrected chi connectivity index (χ2v) is 7.49. The summed E-state index contributed by atoms with van der Waals surface area (Å²) in [6, 6.07) is 13.1. The number of nitro benzene ring substituents is 1. The quantitative estimate of drug-likeness (QED) is 0.291. The summed E-state index contributed by atoms with van der Waals surface area (Å²) in [5, 5.41) is 22.1. The Labute approximate surface area is 192 Å². The number of nitrogens with one attached hydrogen (secondary N) is 1. The first-order chi connectivity index (χ1) is 16.6. The molecule has 0 saturated heterocycles. The molecule has 35 heavy (non-hydrogen) atoms. The number of benzene rings is 2. The van der Waals surface area contributed by atoms with E-state index in [1.165, 1.54) is 43.3 Å². The fourth-order valence-corrected chi connectivity index (χ4v) is 3.68. The van der Waals surface area contributed by atoms with E-state index in [1.54, 1.807) is 18.2 Å². The van der Waals surface area contributed by atoms with Crippen LogP contribution in [-0.2, 0) is 6.18 Å². The van der Waals surface area contributed by atoms with Crippen LogP contribution in [0.2, 0.25) is 0 Å². The highest BCUT2D eigenvalue weighted by atomic mass is 19.4. The number of fused-ring (bicyclic) bond motifs is 1. The zero-order valence-electron chi connectivity index (χ0n) is 17.7. The molecule has 0 bridgehead atoms. The lowest BCUT2D eigenvalue weighted by Crippen LogP contribution is -2.20. The van der Waals surface area contributed by atoms with Gasteiger partial charge in [0.1, 0.15) is 11.2 Å². The number of halogens is 3. The smallest absolute Gasteiger partial charge is 0.416 e. The molecule has 3 aromatic heterocycles. The van der Waals surface area contributed by atoms with Gasteiger partial charge in [0, 0.05) is 23.4 Å². The van der Waals surface area contributed by atoms with Crippen molar-refractivity contribution >= 4 is 11.3 Å². The van der Waals surface area contributed by atoms with Crippen molar-refractivity contribution in [1.82, 2.24) is 24.8 Å². The van der Waals surface area contributed by atoms with Crippen LogP contribution in [0, 0.1) is 17.0 Å². The molecule has 176 valence electrons. The topological polar surface area (TPSA) is 132 Å². The largest absolute Gasteiger partial charge is 0.435 e. The Morgan fingerprint density at radius 3 is 2.26 bits per heavy atom. The maximum absolute atomic E-state index is 13.8. The Balaban J connectivity index is 1.67. The summed E-state index contributed by atoms with van der Waals surface area (Å²) < 4.78 is 47.7. The zero-order chi connectivity index (χ0) is 24.9. The molecule has 10 nitrogen and oxygen atoms in total. The van der Waals surface area contributed by atoms with Gasteiger partial charge in [0.15, 0.2) is 5.69 Å². The van der Waals surface area contributed by atoms with E-state index in [9.17, 15) is 28.1 Å². The molecule has 0 unspecified atom stereocenters. The lowest BCUT2D eigenvalue weighted by Gasteiger charge is -2.07. The van der Waals surface area contributed by atoms with Crippen LogP contribution < -0.4 is 5.56 Å². The standard InChI is InChI=1S/C22H13F3N6O4/c1-11-15(20-28-27-19(35-20)13-7-9-14(10-8-13)31(33)34)21(32)30-18(26-11)16(12-5-3-2-4-6-12)17(29-30)22(23,24)25/h2-10,26H,1H3. The SMILES string of the molecule is Cc1[nH]c2c(-c3ccccc3)c(C(F)(F)F)nn2c(=O)c1-c1nnc(-c2ccc([N+](=O)[O-])cc2)o1. The lowest BCUT2D eigenvalue weighted by atomic mass is 10.1. The van der Waals surface area contributed by atoms with Crippen molar-refractivity contribution in [2.75, 3.05) is 0 Å². The highest BCUT2D eigenvalue weighted by Gasteiger charge is 2.39. The van der Waals surface area contributed by atoms with Crippen molar-refractivity contribution < 1.29 is 22.5 Å². The molecule has 0 amide bonds. The highest BCUT2D eigenvalue weighted by molar-refractivity contribution is 5.81. The van der Waals surface area contributed by atoms with Crippen LogP contribution >= 0.6 is 0 Å². The summed E-state index contributed by atoms with van der Waals surface area (Å²) in [6.45, 7) is 1.49. The van der Waals surface area contributed by atoms with Gasteiger partial charge in [-0.25, -0.2) is 0 Å². The first-order valence-electron chi connectivity index (χ1n) is 10.0. The summed E-state index contributed by atoms with van der Waals surface area (Å²) >= 11 is 0. The van der Waals surface area contributed by atoms with E-state index in [4.69, 9.17) is 4.42 Å². The van der Waals surface area contributed by atoms with Crippen LogP contribution in [0.5, 0.6) is 0 Å². The van der Waals surface area contributed by atoms with Gasteiger partial charge in [0.2, 0.25) is 5.89 Å². The third-order valence-electron chi connectivity index (χ3n) is 5.27. The van der Waals surface area contributed by atoms with Crippen LogP contribution in [0.15, 0.2) is 63.8 Å². The van der Waals surface area contributed by atoms with Crippen LogP contribution in [0.4, 0.5) is 18.9 Å². The predicted molar refractivity (Wildman–Crippen MR) is 116 cm³/mol. The van der Waals surface area contributed by atoms with Crippen LogP contribution in [0.1, 0.15) is 11.4 Å². The molecule has 3 heterocycles. The van der Waals surface area contributed by atoms with Crippen LogP contribution in [0.25, 0.3) is 39.7 Å². The maximum atomic E-state index is 13.8. The van der Waals surface area contributed by atoms with E-state index >= 15 is 0 Å². The highest BCUT2D eigenvalue weighted by Crippen LogP contribution is 2.38. The second-order valence-electron chi connectivity index (χ2n) is 7.49. The van der Waals surface area contributed by atoms with Gasteiger partial charge in [-0.15, -0.1) is 10.2 Å². The van der Waals surface area contributed by atoms with E-state index < -0.39 is 22.4 Å². The van der Waals surface area contributed by atoms with E-state index in [-0.39, 0.29) is 45.5 Å². The van der Waals surface area contributed by atoms with E-state index in [2.05, 4.69) is 20.3 Å². The Kier molecular flexibility index (Phi) is 4.97. The second kappa shape index (κ2) is 7.90. The van der Waals surface area contributed by atoms with Crippen molar-refractivity contribution in [1.29, 1.82) is 0 Å². The molecular weight excluding hydrogens is 469 g/mol. The third-order valence-corrected chi connectivity index (χ3v) is 5.27. The van der Waals surface area contributed by atoms with Gasteiger partial charge in [-0.05, 0) is 24.6 Å². The molecule has 0 saturated carbocycles. The van der Waals surface area contributed by atoms with Crippen molar-refractivity contribution in [2.45, 2.75) is 13.1 Å². The molecule has 13 heteroatoms. The Morgan fingerprint density at radius 2 is 1.63 bits per heavy atom. The molecule has 0 spiro atoms. The summed E-state index contributed by atoms with van der Waals surface area (Å²) in [5.41, 5.74) is -2.02. The minimum atomic E-state index is -4.82. The minimum absolute atomic E-state index is 0.0322. The summed E-state index contributed by atoms with van der Waals surface area (Å²) in [5.74, 6) is -0.278. The van der Waals surface area contributed by atoms with Gasteiger partial charge < -0.3 is 9.40 Å². The van der Waals surface area contributed by atoms with Gasteiger partial charge in [-0.2, -0.15) is 22.8 Å². The van der Waals surface area contributed by atoms with E-state index in [0.29, 0.717) is 10.1 Å². The van der Waals surface area contributed by atoms with Crippen molar-refractivity contribution in [3.8, 4) is 34.0 Å². The van der Waals surface area contributed by atoms with E-state index in [1.807, 2.05) is 0 Å². The first-order valence-corrected chi connectivity index (χ1v) is 10.0. The van der Waals surface area contributed by atoms with Gasteiger partial charge in [0.25, 0.3) is 17.1 Å². The molecule has 0 radical (unpaired) electrons. The molecular formula is C22H13F3N6O4. The molecule has 2 aromatic carbocycles. The number of rotatable bonds is 4. The molecule has 0 aliphatic rings. The van der Waals surface area contributed by atoms with Crippen LogP contribution in [-0.4, -0.2) is 29.7 Å². The average molecular weight is 482 g/mol. The van der Waals surface area contributed by atoms with Crippen molar-refractivity contribution in [3.63, 3.8) is 0 Å². The summed E-state index contributed by atoms with van der Waals surface area (Å²) in [6.07, 6.45) is -4.82. The Bertz CT molecular complexity index is 1640. The number of H-pyrrole nitrogens is 1. The third kappa shape index (κ3) is 3.72. The maximum Gasteiger partial charge on any atom is 0.435 e. The number of alkyl halides is 3. The first kappa shape index (κ1) is 22.0. The molecule has 0 fully saturated rings. The number of non-ortho nitro benzene ring substituents is 1. The fraction of sp³-hybridized carbons (Fsp3) is 0.0909. The molecule has 5 aromatic rings. The monoisotopic (exact) mass is 482 g/mol. The molecule has 0 aliphatic heterocycles. The number of hydrogen-bond acceptors (Lipinski definition) is 7.